The Morgan fingerprint density at radius 3 is 2.90 bits per heavy atom. The Labute approximate surface area is 123 Å². The van der Waals surface area contributed by atoms with E-state index in [1.54, 1.807) is 0 Å². The summed E-state index contributed by atoms with van der Waals surface area (Å²) in [5.74, 6) is 0.993. The largest absolute Gasteiger partial charge is 0.489 e. The van der Waals surface area contributed by atoms with Crippen molar-refractivity contribution in [2.75, 3.05) is 33.9 Å². The Kier molecular flexibility index (Phi) is 5.09. The molecule has 1 heterocycles. The highest BCUT2D eigenvalue weighted by Crippen LogP contribution is 2.38. The van der Waals surface area contributed by atoms with E-state index in [0.717, 1.165) is 12.0 Å². The summed E-state index contributed by atoms with van der Waals surface area (Å²) in [5, 5.41) is 0.533. The van der Waals surface area contributed by atoms with Crippen LogP contribution in [0.5, 0.6) is 11.5 Å². The highest BCUT2D eigenvalue weighted by atomic mass is 35.5. The number of hydrogen-bond donors (Lipinski definition) is 0. The van der Waals surface area contributed by atoms with E-state index in [0.29, 0.717) is 36.3 Å². The summed E-state index contributed by atoms with van der Waals surface area (Å²) >= 11 is 6.22. The van der Waals surface area contributed by atoms with E-state index in [4.69, 9.17) is 21.1 Å². The van der Waals surface area contributed by atoms with Crippen LogP contribution in [0.15, 0.2) is 12.1 Å². The lowest BCUT2D eigenvalue weighted by atomic mass is 10.2. The summed E-state index contributed by atoms with van der Waals surface area (Å²) in [6, 6.07) is 3.74. The molecule has 0 bridgehead atoms. The van der Waals surface area contributed by atoms with Gasteiger partial charge in [0.2, 0.25) is 0 Å². The minimum atomic E-state index is -0.270. The van der Waals surface area contributed by atoms with Crippen LogP contribution in [0, 0.1) is 0 Å². The fourth-order valence-corrected chi connectivity index (χ4v) is 2.32. The van der Waals surface area contributed by atoms with Crippen LogP contribution in [0.3, 0.4) is 0 Å². The Balaban J connectivity index is 2.11. The zero-order chi connectivity index (χ0) is 14.5. The number of carbonyl (C=O) groups is 1. The van der Waals surface area contributed by atoms with Gasteiger partial charge in [0.25, 0.3) is 0 Å². The molecule has 0 fully saturated rings. The van der Waals surface area contributed by atoms with Crippen LogP contribution >= 0.6 is 11.6 Å². The maximum absolute atomic E-state index is 11.2. The molecule has 0 spiro atoms. The molecule has 0 radical (unpaired) electrons. The molecule has 0 N–H and O–H groups in total. The number of rotatable bonds is 4. The van der Waals surface area contributed by atoms with Crippen LogP contribution in [-0.4, -0.2) is 44.8 Å². The molecule has 0 atom stereocenters. The molecule has 2 rings (SSSR count). The molecule has 110 valence electrons. The summed E-state index contributed by atoms with van der Waals surface area (Å²) in [6.07, 6.45) is 0.836. The lowest BCUT2D eigenvalue weighted by molar-refractivity contribution is -0.141. The Bertz CT molecular complexity index is 492. The third-order valence-electron chi connectivity index (χ3n) is 2.94. The molecule has 0 aromatic heterocycles. The molecular formula is C14H18ClNO4. The first-order valence-corrected chi connectivity index (χ1v) is 6.81. The quantitative estimate of drug-likeness (QED) is 0.797. The monoisotopic (exact) mass is 299 g/mol. The van der Waals surface area contributed by atoms with E-state index in [-0.39, 0.29) is 12.5 Å². The van der Waals surface area contributed by atoms with Crippen LogP contribution in [0.25, 0.3) is 0 Å². The number of benzene rings is 1. The number of hydrogen-bond acceptors (Lipinski definition) is 5. The average Bonchev–Trinajstić information content (AvgIpc) is 2.64. The van der Waals surface area contributed by atoms with Gasteiger partial charge in [-0.05, 0) is 24.7 Å². The highest BCUT2D eigenvalue weighted by Gasteiger charge is 2.16. The third kappa shape index (κ3) is 3.77. The van der Waals surface area contributed by atoms with Gasteiger partial charge in [-0.2, -0.15) is 0 Å². The van der Waals surface area contributed by atoms with Gasteiger partial charge in [-0.3, -0.25) is 9.69 Å². The summed E-state index contributed by atoms with van der Waals surface area (Å²) in [7, 11) is 3.22. The van der Waals surface area contributed by atoms with E-state index >= 15 is 0 Å². The molecule has 0 saturated heterocycles. The summed E-state index contributed by atoms with van der Waals surface area (Å²) in [4.78, 5) is 13.1. The van der Waals surface area contributed by atoms with E-state index in [2.05, 4.69) is 4.74 Å². The van der Waals surface area contributed by atoms with Gasteiger partial charge in [0.1, 0.15) is 0 Å². The SMILES string of the molecule is COC(=O)CN(C)Cc1cc(Cl)c2c(c1)OCCCO2. The second kappa shape index (κ2) is 6.81. The number of esters is 1. The minimum Gasteiger partial charge on any atom is -0.489 e. The number of methoxy groups -OCH3 is 1. The Hall–Kier alpha value is -1.46. The first-order valence-electron chi connectivity index (χ1n) is 6.43. The van der Waals surface area contributed by atoms with E-state index in [9.17, 15) is 4.79 Å². The van der Waals surface area contributed by atoms with Crippen molar-refractivity contribution < 1.29 is 19.0 Å². The van der Waals surface area contributed by atoms with Crippen LogP contribution in [0.2, 0.25) is 5.02 Å². The molecule has 1 aliphatic rings. The molecular weight excluding hydrogens is 282 g/mol. The standard InChI is InChI=1S/C14H18ClNO4/c1-16(9-13(17)18-2)8-10-6-11(15)14-12(7-10)19-4-3-5-20-14/h6-7H,3-5,8-9H2,1-2H3. The van der Waals surface area contributed by atoms with Gasteiger partial charge >= 0.3 is 5.97 Å². The highest BCUT2D eigenvalue weighted by molar-refractivity contribution is 6.32. The van der Waals surface area contributed by atoms with Gasteiger partial charge < -0.3 is 14.2 Å². The molecule has 20 heavy (non-hydrogen) atoms. The summed E-state index contributed by atoms with van der Waals surface area (Å²) < 4.78 is 15.8. The molecule has 0 saturated carbocycles. The fraction of sp³-hybridized carbons (Fsp3) is 0.500. The predicted molar refractivity (Wildman–Crippen MR) is 75.4 cm³/mol. The van der Waals surface area contributed by atoms with Crippen molar-refractivity contribution in [1.29, 1.82) is 0 Å². The van der Waals surface area contributed by atoms with Crippen LogP contribution in [0.4, 0.5) is 0 Å². The molecule has 1 aliphatic heterocycles. The van der Waals surface area contributed by atoms with Gasteiger partial charge in [0.05, 0.1) is 31.9 Å². The van der Waals surface area contributed by atoms with Crippen molar-refractivity contribution in [3.63, 3.8) is 0 Å². The number of nitrogens with zero attached hydrogens (tertiary/aromatic N) is 1. The first kappa shape index (κ1) is 14.9. The van der Waals surface area contributed by atoms with Crippen LogP contribution in [0.1, 0.15) is 12.0 Å². The minimum absolute atomic E-state index is 0.225. The summed E-state index contributed by atoms with van der Waals surface area (Å²) in [6.45, 7) is 2.02. The number of likely N-dealkylation sites (N-methyl/N-ethyl adjacent to an activating group) is 1. The van der Waals surface area contributed by atoms with E-state index in [1.807, 2.05) is 24.1 Å². The smallest absolute Gasteiger partial charge is 0.319 e. The van der Waals surface area contributed by atoms with Crippen molar-refractivity contribution in [2.45, 2.75) is 13.0 Å². The van der Waals surface area contributed by atoms with Gasteiger partial charge in [-0.1, -0.05) is 11.6 Å². The normalized spacial score (nSPS) is 14.0. The molecule has 0 aliphatic carbocycles. The lowest BCUT2D eigenvalue weighted by Gasteiger charge is -2.17. The van der Waals surface area contributed by atoms with Gasteiger partial charge in [-0.25, -0.2) is 0 Å². The summed E-state index contributed by atoms with van der Waals surface area (Å²) in [5.41, 5.74) is 0.964. The number of halogens is 1. The topological polar surface area (TPSA) is 48.0 Å². The number of ether oxygens (including phenoxy) is 3. The van der Waals surface area contributed by atoms with Gasteiger partial charge in [0.15, 0.2) is 11.5 Å². The Morgan fingerprint density at radius 1 is 1.40 bits per heavy atom. The molecule has 1 aromatic carbocycles. The second-order valence-corrected chi connectivity index (χ2v) is 5.11. The molecule has 1 aromatic rings. The van der Waals surface area contributed by atoms with Crippen molar-refractivity contribution in [3.8, 4) is 11.5 Å². The predicted octanol–water partition coefficient (Wildman–Crippen LogP) is 2.11. The van der Waals surface area contributed by atoms with Gasteiger partial charge in [-0.15, -0.1) is 0 Å². The van der Waals surface area contributed by atoms with Crippen molar-refractivity contribution in [1.82, 2.24) is 4.90 Å². The molecule has 0 unspecified atom stereocenters. The zero-order valence-electron chi connectivity index (χ0n) is 11.6. The van der Waals surface area contributed by atoms with Gasteiger partial charge in [0, 0.05) is 13.0 Å². The maximum atomic E-state index is 11.2. The zero-order valence-corrected chi connectivity index (χ0v) is 12.4. The number of carbonyl (C=O) groups excluding carboxylic acids is 1. The number of fused-ring (bicyclic) bond motifs is 1. The Morgan fingerprint density at radius 2 is 2.15 bits per heavy atom. The average molecular weight is 300 g/mol. The molecule has 0 amide bonds. The van der Waals surface area contributed by atoms with E-state index < -0.39 is 0 Å². The lowest BCUT2D eigenvalue weighted by Crippen LogP contribution is -2.26. The third-order valence-corrected chi connectivity index (χ3v) is 3.22. The maximum Gasteiger partial charge on any atom is 0.319 e. The van der Waals surface area contributed by atoms with Crippen molar-refractivity contribution in [3.05, 3.63) is 22.7 Å². The molecule has 6 heteroatoms. The van der Waals surface area contributed by atoms with Crippen LogP contribution in [-0.2, 0) is 16.1 Å². The van der Waals surface area contributed by atoms with Crippen LogP contribution < -0.4 is 9.47 Å². The van der Waals surface area contributed by atoms with Crippen molar-refractivity contribution >= 4 is 17.6 Å². The molecule has 5 nitrogen and oxygen atoms in total. The second-order valence-electron chi connectivity index (χ2n) is 4.70. The fourth-order valence-electron chi connectivity index (χ4n) is 2.03. The van der Waals surface area contributed by atoms with E-state index in [1.165, 1.54) is 7.11 Å². The first-order chi connectivity index (χ1) is 9.60. The van der Waals surface area contributed by atoms with Crippen molar-refractivity contribution in [2.24, 2.45) is 0 Å².